The Morgan fingerprint density at radius 3 is 1.48 bits per heavy atom. The van der Waals surface area contributed by atoms with Crippen molar-refractivity contribution in [3.8, 4) is 44.5 Å². The maximum atomic E-state index is 2.45. The number of hydrogen-bond donors (Lipinski definition) is 0. The zero-order valence-corrected chi connectivity index (χ0v) is 28.3. The second kappa shape index (κ2) is 12.1. The molecule has 0 saturated carbocycles. The predicted octanol–water partition coefficient (Wildman–Crippen LogP) is 13.6. The van der Waals surface area contributed by atoms with Crippen LogP contribution in [0.1, 0.15) is 25.0 Å². The van der Waals surface area contributed by atoms with Crippen molar-refractivity contribution in [1.29, 1.82) is 0 Å². The topological polar surface area (TPSA) is 3.24 Å². The van der Waals surface area contributed by atoms with Gasteiger partial charge in [0.25, 0.3) is 0 Å². The Morgan fingerprint density at radius 1 is 0.400 bits per heavy atom. The van der Waals surface area contributed by atoms with E-state index in [0.29, 0.717) is 0 Å². The summed E-state index contributed by atoms with van der Waals surface area (Å²) in [5, 5.41) is 2.57. The van der Waals surface area contributed by atoms with Crippen LogP contribution in [0.4, 0.5) is 17.1 Å². The first-order valence-corrected chi connectivity index (χ1v) is 17.4. The second-order valence-electron chi connectivity index (χ2n) is 13.8. The lowest BCUT2D eigenvalue weighted by Gasteiger charge is -2.30. The highest BCUT2D eigenvalue weighted by Crippen LogP contribution is 2.57. The standard InChI is InChI=1S/C49H37N/c1-49(2)45-31-28-39(35-16-8-4-9-17-35)32-44(45)47-46(33-40-18-12-13-21-43(40)48(47)49)50(41-19-10-5-11-20-41)42-29-26-38(27-30-42)37-24-22-36(23-25-37)34-14-6-3-7-15-34/h3-33H,1-2H3. The molecule has 0 aromatic heterocycles. The molecule has 1 aliphatic carbocycles. The quantitative estimate of drug-likeness (QED) is 0.175. The Balaban J connectivity index is 1.22. The molecule has 0 unspecified atom stereocenters. The van der Waals surface area contributed by atoms with E-state index in [2.05, 4.69) is 207 Å². The second-order valence-corrected chi connectivity index (χ2v) is 13.8. The predicted molar refractivity (Wildman–Crippen MR) is 213 cm³/mol. The van der Waals surface area contributed by atoms with Crippen molar-refractivity contribution in [3.05, 3.63) is 199 Å². The molecule has 0 aliphatic heterocycles. The number of hydrogen-bond acceptors (Lipinski definition) is 1. The lowest BCUT2D eigenvalue weighted by Crippen LogP contribution is -2.16. The Bertz CT molecular complexity index is 2460. The van der Waals surface area contributed by atoms with Crippen molar-refractivity contribution in [3.63, 3.8) is 0 Å². The maximum Gasteiger partial charge on any atom is 0.0549 e. The van der Waals surface area contributed by atoms with Crippen LogP contribution in [0.25, 0.3) is 55.3 Å². The van der Waals surface area contributed by atoms with Crippen molar-refractivity contribution in [2.75, 3.05) is 4.90 Å². The number of fused-ring (bicyclic) bond motifs is 5. The molecule has 9 rings (SSSR count). The largest absolute Gasteiger partial charge is 0.310 e. The first kappa shape index (κ1) is 29.9. The van der Waals surface area contributed by atoms with Gasteiger partial charge >= 0.3 is 0 Å². The van der Waals surface area contributed by atoms with Crippen LogP contribution in [0.2, 0.25) is 0 Å². The van der Waals surface area contributed by atoms with E-state index < -0.39 is 0 Å². The summed E-state index contributed by atoms with van der Waals surface area (Å²) < 4.78 is 0. The van der Waals surface area contributed by atoms with E-state index in [1.165, 1.54) is 72.1 Å². The van der Waals surface area contributed by atoms with Crippen LogP contribution in [0.5, 0.6) is 0 Å². The van der Waals surface area contributed by atoms with Crippen molar-refractivity contribution in [1.82, 2.24) is 0 Å². The molecule has 8 aromatic carbocycles. The van der Waals surface area contributed by atoms with E-state index in [-0.39, 0.29) is 5.41 Å². The molecule has 1 nitrogen and oxygen atoms in total. The minimum atomic E-state index is -0.173. The summed E-state index contributed by atoms with van der Waals surface area (Å²) in [4.78, 5) is 2.45. The zero-order chi connectivity index (χ0) is 33.7. The number of anilines is 3. The van der Waals surface area contributed by atoms with Gasteiger partial charge in [0.1, 0.15) is 0 Å². The number of nitrogens with zero attached hydrogens (tertiary/aromatic N) is 1. The number of para-hydroxylation sites is 1. The smallest absolute Gasteiger partial charge is 0.0549 e. The molecule has 50 heavy (non-hydrogen) atoms. The summed E-state index contributed by atoms with van der Waals surface area (Å²) in [6, 6.07) is 68.5. The van der Waals surface area contributed by atoms with E-state index >= 15 is 0 Å². The zero-order valence-electron chi connectivity index (χ0n) is 28.3. The molecule has 0 heterocycles. The summed E-state index contributed by atoms with van der Waals surface area (Å²) in [5.41, 5.74) is 16.0. The van der Waals surface area contributed by atoms with Gasteiger partial charge in [0.2, 0.25) is 0 Å². The van der Waals surface area contributed by atoms with Crippen LogP contribution >= 0.6 is 0 Å². The minimum Gasteiger partial charge on any atom is -0.310 e. The van der Waals surface area contributed by atoms with Gasteiger partial charge in [-0.15, -0.1) is 0 Å². The fourth-order valence-electron chi connectivity index (χ4n) is 7.96. The minimum absolute atomic E-state index is 0.173. The number of rotatable bonds is 6. The third-order valence-electron chi connectivity index (χ3n) is 10.4. The van der Waals surface area contributed by atoms with Gasteiger partial charge < -0.3 is 4.90 Å². The fraction of sp³-hybridized carbons (Fsp3) is 0.0612. The van der Waals surface area contributed by atoms with Crippen molar-refractivity contribution < 1.29 is 0 Å². The molecule has 0 spiro atoms. The van der Waals surface area contributed by atoms with Gasteiger partial charge in [-0.1, -0.05) is 166 Å². The Morgan fingerprint density at radius 2 is 0.860 bits per heavy atom. The van der Waals surface area contributed by atoms with Gasteiger partial charge in [-0.2, -0.15) is 0 Å². The third-order valence-corrected chi connectivity index (χ3v) is 10.4. The molecule has 0 N–H and O–H groups in total. The molecule has 0 atom stereocenters. The van der Waals surface area contributed by atoms with Crippen molar-refractivity contribution in [2.45, 2.75) is 19.3 Å². The lowest BCUT2D eigenvalue weighted by molar-refractivity contribution is 0.666. The highest BCUT2D eigenvalue weighted by atomic mass is 15.1. The Hall–Kier alpha value is -6.18. The Kier molecular flexibility index (Phi) is 7.21. The maximum absolute atomic E-state index is 2.45. The lowest BCUT2D eigenvalue weighted by atomic mass is 9.80. The van der Waals surface area contributed by atoms with Crippen LogP contribution in [0.15, 0.2) is 188 Å². The fourth-order valence-corrected chi connectivity index (χ4v) is 7.96. The van der Waals surface area contributed by atoms with Crippen molar-refractivity contribution in [2.24, 2.45) is 0 Å². The van der Waals surface area contributed by atoms with Gasteiger partial charge in [-0.05, 0) is 97.2 Å². The SMILES string of the molecule is CC1(C)c2ccc(-c3ccccc3)cc2-c2c(N(c3ccccc3)c3ccc(-c4ccc(-c5ccccc5)cc4)cc3)cc3ccccc3c21. The first-order chi connectivity index (χ1) is 24.6. The average molecular weight is 640 g/mol. The number of benzene rings is 8. The summed E-state index contributed by atoms with van der Waals surface area (Å²) in [5.74, 6) is 0. The average Bonchev–Trinajstić information content (AvgIpc) is 3.42. The third kappa shape index (κ3) is 5.02. The normalized spacial score (nSPS) is 12.8. The highest BCUT2D eigenvalue weighted by molar-refractivity contribution is 6.06. The summed E-state index contributed by atoms with van der Waals surface area (Å²) >= 11 is 0. The molecule has 238 valence electrons. The van der Waals surface area contributed by atoms with Gasteiger partial charge in [-0.25, -0.2) is 0 Å². The van der Waals surface area contributed by atoms with E-state index in [9.17, 15) is 0 Å². The van der Waals surface area contributed by atoms with Gasteiger partial charge in [0.05, 0.1) is 5.69 Å². The van der Waals surface area contributed by atoms with E-state index in [0.717, 1.165) is 11.4 Å². The first-order valence-electron chi connectivity index (χ1n) is 17.4. The molecule has 1 aliphatic rings. The van der Waals surface area contributed by atoms with Crippen LogP contribution in [0.3, 0.4) is 0 Å². The molecule has 0 amide bonds. The van der Waals surface area contributed by atoms with Crippen LogP contribution < -0.4 is 4.90 Å². The van der Waals surface area contributed by atoms with Gasteiger partial charge in [0, 0.05) is 22.4 Å². The molecule has 0 bridgehead atoms. The summed E-state index contributed by atoms with van der Waals surface area (Å²) in [6.45, 7) is 4.78. The highest BCUT2D eigenvalue weighted by Gasteiger charge is 2.40. The van der Waals surface area contributed by atoms with E-state index in [4.69, 9.17) is 0 Å². The molecular formula is C49H37N. The van der Waals surface area contributed by atoms with Crippen LogP contribution in [0, 0.1) is 0 Å². The molecular weight excluding hydrogens is 603 g/mol. The van der Waals surface area contributed by atoms with Gasteiger partial charge in [-0.3, -0.25) is 0 Å². The molecule has 1 heteroatoms. The van der Waals surface area contributed by atoms with E-state index in [1.54, 1.807) is 0 Å². The molecule has 0 radical (unpaired) electrons. The molecule has 0 fully saturated rings. The summed E-state index contributed by atoms with van der Waals surface area (Å²) in [6.07, 6.45) is 0. The molecule has 0 saturated heterocycles. The molecule has 8 aromatic rings. The summed E-state index contributed by atoms with van der Waals surface area (Å²) in [7, 11) is 0. The van der Waals surface area contributed by atoms with Crippen LogP contribution in [-0.2, 0) is 5.41 Å². The van der Waals surface area contributed by atoms with Gasteiger partial charge in [0.15, 0.2) is 0 Å². The van der Waals surface area contributed by atoms with Crippen molar-refractivity contribution >= 4 is 27.8 Å². The van der Waals surface area contributed by atoms with Crippen LogP contribution in [-0.4, -0.2) is 0 Å². The van der Waals surface area contributed by atoms with E-state index in [1.807, 2.05) is 0 Å². The Labute approximate surface area is 294 Å². The monoisotopic (exact) mass is 639 g/mol.